The van der Waals surface area contributed by atoms with Crippen LogP contribution < -0.4 is 9.64 Å². The molecule has 0 heterocycles. The van der Waals surface area contributed by atoms with Crippen LogP contribution in [0.5, 0.6) is 5.75 Å². The van der Waals surface area contributed by atoms with Gasteiger partial charge in [-0.2, -0.15) is 13.2 Å². The van der Waals surface area contributed by atoms with Crippen molar-refractivity contribution in [3.63, 3.8) is 0 Å². The smallest absolute Gasteiger partial charge is 0.471 e. The molecule has 0 fully saturated rings. The summed E-state index contributed by atoms with van der Waals surface area (Å²) >= 11 is 0. The Morgan fingerprint density at radius 3 is 2.27 bits per heavy atom. The number of methoxy groups -OCH3 is 1. The third-order valence-corrected chi connectivity index (χ3v) is 3.99. The minimum Gasteiger partial charge on any atom is -0.497 e. The average Bonchev–Trinajstić information content (AvgIpc) is 2.65. The molecule has 0 radical (unpaired) electrons. The van der Waals surface area contributed by atoms with Crippen LogP contribution in [0.25, 0.3) is 0 Å². The largest absolute Gasteiger partial charge is 0.497 e. The van der Waals surface area contributed by atoms with E-state index in [2.05, 4.69) is 6.58 Å². The second kappa shape index (κ2) is 8.56. The normalized spacial score (nSPS) is 12.3. The summed E-state index contributed by atoms with van der Waals surface area (Å²) in [6.45, 7) is 3.63. The molecule has 0 aliphatic rings. The number of carbonyl (C=O) groups excluding carboxylic acids is 1. The molecule has 26 heavy (non-hydrogen) atoms. The maximum atomic E-state index is 13.1. The Labute approximate surface area is 150 Å². The van der Waals surface area contributed by atoms with E-state index in [1.807, 2.05) is 30.3 Å². The molecule has 2 rings (SSSR count). The number of anilines is 1. The molecule has 3 nitrogen and oxygen atoms in total. The SMILES string of the molecule is C=C[C@H](CCc1ccccc1)N(C(=O)C(F)(F)F)c1ccc(OC)cc1. The minimum atomic E-state index is -4.98. The van der Waals surface area contributed by atoms with Crippen molar-refractivity contribution < 1.29 is 22.7 Å². The number of nitrogens with zero attached hydrogens (tertiary/aromatic N) is 1. The van der Waals surface area contributed by atoms with Gasteiger partial charge in [-0.3, -0.25) is 9.69 Å². The Balaban J connectivity index is 2.30. The van der Waals surface area contributed by atoms with E-state index < -0.39 is 18.1 Å². The zero-order valence-electron chi connectivity index (χ0n) is 14.4. The van der Waals surface area contributed by atoms with Crippen molar-refractivity contribution in [3.8, 4) is 5.75 Å². The number of carbonyl (C=O) groups is 1. The monoisotopic (exact) mass is 363 g/mol. The number of alkyl halides is 3. The van der Waals surface area contributed by atoms with Crippen molar-refractivity contribution in [2.75, 3.05) is 12.0 Å². The topological polar surface area (TPSA) is 29.5 Å². The molecule has 0 unspecified atom stereocenters. The van der Waals surface area contributed by atoms with E-state index >= 15 is 0 Å². The lowest BCUT2D eigenvalue weighted by Gasteiger charge is -2.30. The summed E-state index contributed by atoms with van der Waals surface area (Å²) in [7, 11) is 1.46. The lowest BCUT2D eigenvalue weighted by atomic mass is 10.0. The summed E-state index contributed by atoms with van der Waals surface area (Å²) in [6.07, 6.45) is -2.76. The highest BCUT2D eigenvalue weighted by atomic mass is 19.4. The first-order chi connectivity index (χ1) is 12.4. The van der Waals surface area contributed by atoms with Gasteiger partial charge in [0.15, 0.2) is 0 Å². The van der Waals surface area contributed by atoms with Crippen LogP contribution in [0.1, 0.15) is 12.0 Å². The van der Waals surface area contributed by atoms with Gasteiger partial charge in [0.1, 0.15) is 5.75 Å². The van der Waals surface area contributed by atoms with E-state index in [0.717, 1.165) is 10.5 Å². The summed E-state index contributed by atoms with van der Waals surface area (Å²) in [5, 5.41) is 0. The van der Waals surface area contributed by atoms with Gasteiger partial charge in [0.05, 0.1) is 13.2 Å². The Bertz CT molecular complexity index is 727. The van der Waals surface area contributed by atoms with Gasteiger partial charge in [-0.05, 0) is 42.7 Å². The molecule has 1 atom stereocenters. The maximum absolute atomic E-state index is 13.1. The molecule has 2 aromatic carbocycles. The summed E-state index contributed by atoms with van der Waals surface area (Å²) in [5.41, 5.74) is 1.12. The zero-order chi connectivity index (χ0) is 19.2. The first kappa shape index (κ1) is 19.6. The van der Waals surface area contributed by atoms with Crippen LogP contribution in [0.2, 0.25) is 0 Å². The second-order valence-corrected chi connectivity index (χ2v) is 5.70. The highest BCUT2D eigenvalue weighted by Gasteiger charge is 2.44. The molecule has 2 aromatic rings. The molecule has 0 saturated carbocycles. The van der Waals surface area contributed by atoms with E-state index in [1.165, 1.54) is 37.5 Å². The Kier molecular flexibility index (Phi) is 6.44. The first-order valence-corrected chi connectivity index (χ1v) is 8.07. The maximum Gasteiger partial charge on any atom is 0.471 e. The summed E-state index contributed by atoms with van der Waals surface area (Å²) in [4.78, 5) is 12.8. The van der Waals surface area contributed by atoms with Crippen LogP contribution >= 0.6 is 0 Å². The predicted octanol–water partition coefficient (Wildman–Crippen LogP) is 4.78. The summed E-state index contributed by atoms with van der Waals surface area (Å²) in [6, 6.07) is 14.5. The van der Waals surface area contributed by atoms with Gasteiger partial charge < -0.3 is 4.74 Å². The fourth-order valence-corrected chi connectivity index (χ4v) is 2.65. The minimum absolute atomic E-state index is 0.145. The lowest BCUT2D eigenvalue weighted by molar-refractivity contribution is -0.170. The molecule has 0 aromatic heterocycles. The van der Waals surface area contributed by atoms with E-state index in [-0.39, 0.29) is 5.69 Å². The molecule has 0 spiro atoms. The van der Waals surface area contributed by atoms with Crippen LogP contribution in [0, 0.1) is 0 Å². The van der Waals surface area contributed by atoms with Gasteiger partial charge in [0.25, 0.3) is 0 Å². The van der Waals surface area contributed by atoms with Gasteiger partial charge in [-0.25, -0.2) is 0 Å². The van der Waals surface area contributed by atoms with E-state index in [1.54, 1.807) is 0 Å². The van der Waals surface area contributed by atoms with Gasteiger partial charge >= 0.3 is 12.1 Å². The van der Waals surface area contributed by atoms with Crippen LogP contribution in [0.15, 0.2) is 67.3 Å². The highest BCUT2D eigenvalue weighted by Crippen LogP contribution is 2.29. The molecule has 138 valence electrons. The van der Waals surface area contributed by atoms with Crippen LogP contribution in [-0.2, 0) is 11.2 Å². The Hall–Kier alpha value is -2.76. The molecule has 0 aliphatic heterocycles. The number of amides is 1. The van der Waals surface area contributed by atoms with E-state index in [0.29, 0.717) is 18.6 Å². The zero-order valence-corrected chi connectivity index (χ0v) is 14.4. The third-order valence-electron chi connectivity index (χ3n) is 3.99. The molecular formula is C20H20F3NO2. The first-order valence-electron chi connectivity index (χ1n) is 8.07. The van der Waals surface area contributed by atoms with E-state index in [9.17, 15) is 18.0 Å². The van der Waals surface area contributed by atoms with Crippen LogP contribution in [-0.4, -0.2) is 25.2 Å². The fraction of sp³-hybridized carbons (Fsp3) is 0.250. The highest BCUT2D eigenvalue weighted by molar-refractivity contribution is 5.98. The van der Waals surface area contributed by atoms with Crippen LogP contribution in [0.3, 0.4) is 0 Å². The molecule has 0 aliphatic carbocycles. The fourth-order valence-electron chi connectivity index (χ4n) is 2.65. The Morgan fingerprint density at radius 2 is 1.77 bits per heavy atom. The predicted molar refractivity (Wildman–Crippen MR) is 95.3 cm³/mol. The van der Waals surface area contributed by atoms with Crippen molar-refractivity contribution in [2.24, 2.45) is 0 Å². The summed E-state index contributed by atoms with van der Waals surface area (Å²) < 4.78 is 44.4. The van der Waals surface area contributed by atoms with Gasteiger partial charge in [0, 0.05) is 5.69 Å². The average molecular weight is 363 g/mol. The summed E-state index contributed by atoms with van der Waals surface area (Å²) in [5.74, 6) is -1.42. The molecular weight excluding hydrogens is 343 g/mol. The lowest BCUT2D eigenvalue weighted by Crippen LogP contribution is -2.47. The number of ether oxygens (including phenoxy) is 1. The molecule has 6 heteroatoms. The quantitative estimate of drug-likeness (QED) is 0.663. The molecule has 0 saturated heterocycles. The standard InChI is InChI=1S/C20H20F3NO2/c1-3-16(10-9-15-7-5-4-6-8-15)24(19(25)20(21,22)23)17-11-13-18(26-2)14-12-17/h3-8,11-14,16H,1,9-10H2,2H3/t16-/m1/s1. The number of halogens is 3. The number of benzene rings is 2. The van der Waals surface area contributed by atoms with Crippen molar-refractivity contribution >= 4 is 11.6 Å². The van der Waals surface area contributed by atoms with Crippen molar-refractivity contribution in [1.82, 2.24) is 0 Å². The van der Waals surface area contributed by atoms with Gasteiger partial charge in [-0.15, -0.1) is 6.58 Å². The number of hydrogen-bond donors (Lipinski definition) is 0. The van der Waals surface area contributed by atoms with Gasteiger partial charge in [0.2, 0.25) is 0 Å². The number of aryl methyl sites for hydroxylation is 1. The van der Waals surface area contributed by atoms with Gasteiger partial charge in [-0.1, -0.05) is 36.4 Å². The number of rotatable bonds is 7. The third kappa shape index (κ3) is 4.88. The van der Waals surface area contributed by atoms with Crippen molar-refractivity contribution in [1.29, 1.82) is 0 Å². The Morgan fingerprint density at radius 1 is 1.15 bits per heavy atom. The number of hydrogen-bond acceptors (Lipinski definition) is 2. The van der Waals surface area contributed by atoms with Crippen molar-refractivity contribution in [2.45, 2.75) is 25.1 Å². The van der Waals surface area contributed by atoms with Crippen LogP contribution in [0.4, 0.5) is 18.9 Å². The molecule has 0 N–H and O–H groups in total. The van der Waals surface area contributed by atoms with Crippen molar-refractivity contribution in [3.05, 3.63) is 72.8 Å². The molecule has 1 amide bonds. The second-order valence-electron chi connectivity index (χ2n) is 5.70. The molecule has 0 bridgehead atoms. The van der Waals surface area contributed by atoms with E-state index in [4.69, 9.17) is 4.74 Å².